The highest BCUT2D eigenvalue weighted by molar-refractivity contribution is 5.90. The fourth-order valence-electron chi connectivity index (χ4n) is 5.10. The predicted octanol–water partition coefficient (Wildman–Crippen LogP) is 4.29. The van der Waals surface area contributed by atoms with Crippen molar-refractivity contribution >= 4 is 17.4 Å². The van der Waals surface area contributed by atoms with Gasteiger partial charge in [0.05, 0.1) is 17.7 Å². The van der Waals surface area contributed by atoms with Crippen LogP contribution < -0.4 is 5.43 Å². The molecule has 1 aliphatic carbocycles. The van der Waals surface area contributed by atoms with Crippen LogP contribution in [-0.4, -0.2) is 52.4 Å². The number of carbonyl (C=O) groups excluding carboxylic acids is 1. The van der Waals surface area contributed by atoms with Crippen molar-refractivity contribution < 1.29 is 9.90 Å². The third kappa shape index (κ3) is 4.82. The van der Waals surface area contributed by atoms with Gasteiger partial charge in [0, 0.05) is 32.6 Å². The Bertz CT molecular complexity index is 1050. The van der Waals surface area contributed by atoms with E-state index in [9.17, 15) is 9.90 Å². The molecule has 0 spiro atoms. The van der Waals surface area contributed by atoms with Crippen molar-refractivity contribution in [1.82, 2.24) is 15.3 Å². The van der Waals surface area contributed by atoms with E-state index in [1.54, 1.807) is 6.92 Å². The van der Waals surface area contributed by atoms with Crippen molar-refractivity contribution in [3.63, 3.8) is 0 Å². The quantitative estimate of drug-likeness (QED) is 0.695. The van der Waals surface area contributed by atoms with Gasteiger partial charge in [-0.2, -0.15) is 0 Å². The largest absolute Gasteiger partial charge is 0.388 e. The van der Waals surface area contributed by atoms with E-state index < -0.39 is 6.10 Å². The van der Waals surface area contributed by atoms with E-state index in [1.807, 2.05) is 36.1 Å². The van der Waals surface area contributed by atoms with Crippen LogP contribution in [0.5, 0.6) is 0 Å². The van der Waals surface area contributed by atoms with Crippen LogP contribution in [0.2, 0.25) is 0 Å². The predicted molar refractivity (Wildman–Crippen MR) is 131 cm³/mol. The number of likely N-dealkylation sites (tertiary alicyclic amines) is 1. The van der Waals surface area contributed by atoms with Gasteiger partial charge in [-0.05, 0) is 66.5 Å². The number of amides is 1. The summed E-state index contributed by atoms with van der Waals surface area (Å²) < 4.78 is 0. The second-order valence-electron chi connectivity index (χ2n) is 9.73. The first-order valence-electron chi connectivity index (χ1n) is 12.3. The van der Waals surface area contributed by atoms with Crippen LogP contribution in [0.3, 0.4) is 0 Å². The molecule has 0 radical (unpaired) electrons. The van der Waals surface area contributed by atoms with Crippen molar-refractivity contribution in [2.75, 3.05) is 19.6 Å². The van der Waals surface area contributed by atoms with Gasteiger partial charge >= 0.3 is 0 Å². The maximum atomic E-state index is 12.1. The van der Waals surface area contributed by atoms with Gasteiger partial charge in [0.15, 0.2) is 0 Å². The Morgan fingerprint density at radius 1 is 1.15 bits per heavy atom. The van der Waals surface area contributed by atoms with Crippen LogP contribution in [0.25, 0.3) is 11.1 Å². The molecule has 0 bridgehead atoms. The van der Waals surface area contributed by atoms with Crippen molar-refractivity contribution in [3.8, 4) is 11.1 Å². The summed E-state index contributed by atoms with van der Waals surface area (Å²) in [5.74, 6) is 2.12. The summed E-state index contributed by atoms with van der Waals surface area (Å²) in [5, 5.41) is 12.6. The first kappa shape index (κ1) is 22.1. The number of aliphatic hydroxyl groups excluding tert-OH is 1. The second-order valence-corrected chi connectivity index (χ2v) is 9.73. The molecule has 3 unspecified atom stereocenters. The number of nitrogens with one attached hydrogen (secondary N) is 1. The third-order valence-electron chi connectivity index (χ3n) is 7.27. The minimum Gasteiger partial charge on any atom is -0.388 e. The lowest BCUT2D eigenvalue weighted by molar-refractivity contribution is -0.130. The van der Waals surface area contributed by atoms with E-state index in [4.69, 9.17) is 4.99 Å². The molecule has 1 saturated carbocycles. The molecular formula is C27H34N4O2. The summed E-state index contributed by atoms with van der Waals surface area (Å²) in [6.07, 6.45) is 3.86. The summed E-state index contributed by atoms with van der Waals surface area (Å²) in [4.78, 5) is 19.1. The Labute approximate surface area is 196 Å². The maximum absolute atomic E-state index is 12.1. The standard InChI is InChI=1S/C27H34N4O2/c1-3-26(33)22-8-4-6-20(14-22)21-7-5-9-23(15-21)28-27-24-17-30(18(2)32)13-12-25(24)31(29-27)16-19-10-11-19/h4-9,14-15,19,24-26,33H,3,10-13,16-17H2,1-2H3,(H,28,29). The third-order valence-corrected chi connectivity index (χ3v) is 7.27. The maximum Gasteiger partial charge on any atom is 0.219 e. The van der Waals surface area contributed by atoms with Gasteiger partial charge < -0.3 is 15.4 Å². The van der Waals surface area contributed by atoms with Crippen LogP contribution in [-0.2, 0) is 4.79 Å². The molecule has 6 nitrogen and oxygen atoms in total. The topological polar surface area (TPSA) is 68.2 Å². The van der Waals surface area contributed by atoms with Crippen LogP contribution in [0.1, 0.15) is 51.2 Å². The van der Waals surface area contributed by atoms with Gasteiger partial charge in [-0.25, -0.2) is 10.0 Å². The Morgan fingerprint density at radius 3 is 2.64 bits per heavy atom. The zero-order valence-corrected chi connectivity index (χ0v) is 19.6. The number of fused-ring (bicyclic) bond motifs is 1. The number of benzene rings is 2. The second kappa shape index (κ2) is 9.27. The van der Waals surface area contributed by atoms with Gasteiger partial charge in [-0.1, -0.05) is 37.3 Å². The molecule has 2 saturated heterocycles. The monoisotopic (exact) mass is 446 g/mol. The average Bonchev–Trinajstić information content (AvgIpc) is 3.60. The molecule has 3 atom stereocenters. The van der Waals surface area contributed by atoms with Gasteiger partial charge in [0.2, 0.25) is 5.91 Å². The van der Waals surface area contributed by atoms with Crippen molar-refractivity contribution in [2.24, 2.45) is 16.8 Å². The summed E-state index contributed by atoms with van der Waals surface area (Å²) >= 11 is 0. The number of aliphatic imine (C=N–C) groups is 1. The molecule has 174 valence electrons. The van der Waals surface area contributed by atoms with Gasteiger partial charge in [-0.3, -0.25) is 4.79 Å². The highest BCUT2D eigenvalue weighted by atomic mass is 16.3. The van der Waals surface area contributed by atoms with E-state index in [1.165, 1.54) is 12.8 Å². The molecule has 2 aliphatic heterocycles. The van der Waals surface area contributed by atoms with Crippen molar-refractivity contribution in [3.05, 3.63) is 54.1 Å². The van der Waals surface area contributed by atoms with Gasteiger partial charge in [0.1, 0.15) is 5.84 Å². The number of amidine groups is 1. The van der Waals surface area contributed by atoms with Gasteiger partial charge in [-0.15, -0.1) is 0 Å². The highest BCUT2D eigenvalue weighted by Crippen LogP contribution is 2.35. The number of hydrogen-bond acceptors (Lipinski definition) is 4. The number of rotatable bonds is 6. The number of aliphatic hydroxyl groups is 1. The number of hydrogen-bond donors (Lipinski definition) is 2. The van der Waals surface area contributed by atoms with E-state index in [2.05, 4.69) is 34.7 Å². The first-order valence-corrected chi connectivity index (χ1v) is 12.3. The molecule has 2 heterocycles. The minimum absolute atomic E-state index is 0.143. The normalized spacial score (nSPS) is 25.1. The van der Waals surface area contributed by atoms with Crippen molar-refractivity contribution in [1.29, 1.82) is 0 Å². The summed E-state index contributed by atoms with van der Waals surface area (Å²) in [6, 6.07) is 16.8. The summed E-state index contributed by atoms with van der Waals surface area (Å²) in [6.45, 7) is 6.26. The van der Waals surface area contributed by atoms with Crippen LogP contribution in [0.15, 0.2) is 53.5 Å². The zero-order valence-electron chi connectivity index (χ0n) is 19.6. The minimum atomic E-state index is -0.444. The summed E-state index contributed by atoms with van der Waals surface area (Å²) in [5.41, 5.74) is 7.62. The molecule has 2 aromatic rings. The average molecular weight is 447 g/mol. The molecule has 1 amide bonds. The first-order chi connectivity index (χ1) is 16.0. The Morgan fingerprint density at radius 2 is 1.91 bits per heavy atom. The number of piperidine rings is 1. The number of hydrazine groups is 1. The van der Waals surface area contributed by atoms with Crippen LogP contribution in [0, 0.1) is 11.8 Å². The number of nitrogens with zero attached hydrogens (tertiary/aromatic N) is 3. The van der Waals surface area contributed by atoms with Gasteiger partial charge in [0.25, 0.3) is 0 Å². The lowest BCUT2D eigenvalue weighted by Gasteiger charge is -2.36. The van der Waals surface area contributed by atoms with E-state index in [0.29, 0.717) is 12.5 Å². The lowest BCUT2D eigenvalue weighted by Crippen LogP contribution is -2.49. The highest BCUT2D eigenvalue weighted by Gasteiger charge is 2.44. The Kier molecular flexibility index (Phi) is 6.21. The smallest absolute Gasteiger partial charge is 0.219 e. The fraction of sp³-hybridized carbons (Fsp3) is 0.481. The molecule has 2 N–H and O–H groups in total. The lowest BCUT2D eigenvalue weighted by atomic mass is 9.92. The molecule has 2 aromatic carbocycles. The molecule has 6 heteroatoms. The Hall–Kier alpha value is -2.70. The number of carbonyl (C=O) groups is 1. The van der Waals surface area contributed by atoms with Crippen LogP contribution in [0.4, 0.5) is 5.69 Å². The van der Waals surface area contributed by atoms with E-state index in [-0.39, 0.29) is 11.8 Å². The van der Waals surface area contributed by atoms with E-state index >= 15 is 0 Å². The summed E-state index contributed by atoms with van der Waals surface area (Å²) in [7, 11) is 0. The fourth-order valence-corrected chi connectivity index (χ4v) is 5.10. The Balaban J connectivity index is 1.42. The molecule has 3 fully saturated rings. The molecule has 33 heavy (non-hydrogen) atoms. The molecule has 0 aromatic heterocycles. The van der Waals surface area contributed by atoms with Crippen molar-refractivity contribution in [2.45, 2.75) is 51.7 Å². The SMILES string of the molecule is CCC(O)c1cccc(-c2cccc(N=C3NN(CC4CC4)C4CCN(C(C)=O)CC34)c2)c1. The molecule has 3 aliphatic rings. The van der Waals surface area contributed by atoms with E-state index in [0.717, 1.165) is 60.2 Å². The van der Waals surface area contributed by atoms with Crippen LogP contribution >= 0.6 is 0 Å². The zero-order chi connectivity index (χ0) is 22.9. The molecule has 5 rings (SSSR count). The molecular weight excluding hydrogens is 412 g/mol.